The van der Waals surface area contributed by atoms with Crippen LogP contribution in [0, 0.1) is 23.7 Å². The van der Waals surface area contributed by atoms with Crippen molar-refractivity contribution in [2.75, 3.05) is 13.2 Å². The van der Waals surface area contributed by atoms with Gasteiger partial charge in [-0.25, -0.2) is 0 Å². The molecule has 0 spiro atoms. The van der Waals surface area contributed by atoms with E-state index in [4.69, 9.17) is 9.47 Å². The number of rotatable bonds is 3. The highest BCUT2D eigenvalue weighted by molar-refractivity contribution is 5.83. The smallest absolute Gasteiger partial charge is 0.168 e. The first-order valence-electron chi connectivity index (χ1n) is 6.31. The van der Waals surface area contributed by atoms with Gasteiger partial charge < -0.3 is 9.47 Å². The molecule has 0 aromatic rings. The minimum absolute atomic E-state index is 0.0422. The topological polar surface area (TPSA) is 35.5 Å². The van der Waals surface area contributed by atoms with Crippen LogP contribution in [0.5, 0.6) is 0 Å². The molecule has 2 saturated heterocycles. The van der Waals surface area contributed by atoms with Gasteiger partial charge in [-0.05, 0) is 13.3 Å². The Bertz CT molecular complexity index is 289. The van der Waals surface area contributed by atoms with Gasteiger partial charge in [-0.15, -0.1) is 0 Å². The van der Waals surface area contributed by atoms with Crippen molar-refractivity contribution in [3.8, 4) is 0 Å². The van der Waals surface area contributed by atoms with Crippen molar-refractivity contribution in [3.63, 3.8) is 0 Å². The first-order valence-corrected chi connectivity index (χ1v) is 6.31. The molecule has 5 unspecified atom stereocenters. The maximum absolute atomic E-state index is 12.2. The number of Topliss-reactive ketones (excluding diaryl/α,β-unsaturated/α-hetero) is 1. The van der Waals surface area contributed by atoms with E-state index in [1.807, 2.05) is 13.8 Å². The number of fused-ring (bicyclic) bond motifs is 2. The number of ether oxygens (including phenoxy) is 2. The maximum Gasteiger partial charge on any atom is 0.168 e. The summed E-state index contributed by atoms with van der Waals surface area (Å²) >= 11 is 0. The molecule has 16 heavy (non-hydrogen) atoms. The Balaban J connectivity index is 2.12. The molecule has 0 amide bonds. The van der Waals surface area contributed by atoms with Crippen LogP contribution in [0.15, 0.2) is 0 Å². The zero-order chi connectivity index (χ0) is 11.9. The second-order valence-electron chi connectivity index (χ2n) is 5.41. The lowest BCUT2D eigenvalue weighted by atomic mass is 9.75. The third kappa shape index (κ3) is 1.70. The molecule has 0 N–H and O–H groups in total. The van der Waals surface area contributed by atoms with Crippen molar-refractivity contribution in [2.45, 2.75) is 39.9 Å². The molecule has 3 heteroatoms. The zero-order valence-electron chi connectivity index (χ0n) is 10.7. The summed E-state index contributed by atoms with van der Waals surface area (Å²) in [6, 6.07) is 0. The summed E-state index contributed by atoms with van der Waals surface area (Å²) in [7, 11) is 0. The number of carbonyl (C=O) groups excluding carboxylic acids is 1. The van der Waals surface area contributed by atoms with Crippen molar-refractivity contribution in [1.29, 1.82) is 0 Å². The quantitative estimate of drug-likeness (QED) is 0.740. The standard InChI is InChI=1S/C13H22O3/c1-5-8(2)12(14)11-7-16-13(4)9(3)10(11)6-15-13/h8-11H,5-7H2,1-4H3. The van der Waals surface area contributed by atoms with Crippen LogP contribution in [0.25, 0.3) is 0 Å². The van der Waals surface area contributed by atoms with Gasteiger partial charge in [0.1, 0.15) is 5.78 Å². The Labute approximate surface area is 97.5 Å². The van der Waals surface area contributed by atoms with E-state index in [2.05, 4.69) is 13.8 Å². The fourth-order valence-corrected chi connectivity index (χ4v) is 2.80. The molecule has 2 fully saturated rings. The normalized spacial score (nSPS) is 44.4. The lowest BCUT2D eigenvalue weighted by Gasteiger charge is -2.38. The highest BCUT2D eigenvalue weighted by Gasteiger charge is 2.53. The van der Waals surface area contributed by atoms with Crippen LogP contribution in [0.1, 0.15) is 34.1 Å². The summed E-state index contributed by atoms with van der Waals surface area (Å²) in [5.41, 5.74) is 0. The second kappa shape index (κ2) is 4.11. The molecular weight excluding hydrogens is 204 g/mol. The predicted molar refractivity (Wildman–Crippen MR) is 60.9 cm³/mol. The van der Waals surface area contributed by atoms with Gasteiger partial charge in [0.2, 0.25) is 0 Å². The molecule has 0 radical (unpaired) electrons. The van der Waals surface area contributed by atoms with Gasteiger partial charge in [-0.3, -0.25) is 4.79 Å². The second-order valence-corrected chi connectivity index (χ2v) is 5.41. The molecule has 2 aliphatic rings. The number of hydrogen-bond acceptors (Lipinski definition) is 3. The van der Waals surface area contributed by atoms with E-state index in [1.165, 1.54) is 0 Å². The molecule has 0 aromatic heterocycles. The van der Waals surface area contributed by atoms with E-state index in [0.717, 1.165) is 6.42 Å². The van der Waals surface area contributed by atoms with Crippen LogP contribution in [-0.2, 0) is 14.3 Å². The van der Waals surface area contributed by atoms with Gasteiger partial charge in [0.25, 0.3) is 0 Å². The molecule has 2 aliphatic heterocycles. The summed E-state index contributed by atoms with van der Waals surface area (Å²) in [6.45, 7) is 9.40. The van der Waals surface area contributed by atoms with Gasteiger partial charge in [-0.2, -0.15) is 0 Å². The van der Waals surface area contributed by atoms with E-state index in [0.29, 0.717) is 30.8 Å². The van der Waals surface area contributed by atoms with E-state index in [-0.39, 0.29) is 11.8 Å². The van der Waals surface area contributed by atoms with Gasteiger partial charge in [-0.1, -0.05) is 20.8 Å². The van der Waals surface area contributed by atoms with E-state index >= 15 is 0 Å². The van der Waals surface area contributed by atoms with Crippen LogP contribution in [0.2, 0.25) is 0 Å². The summed E-state index contributed by atoms with van der Waals surface area (Å²) in [5, 5.41) is 0. The Hall–Kier alpha value is -0.410. The third-order valence-corrected chi connectivity index (χ3v) is 4.56. The molecule has 2 bridgehead atoms. The summed E-state index contributed by atoms with van der Waals surface area (Å²) in [6.07, 6.45) is 0.911. The van der Waals surface area contributed by atoms with E-state index in [1.54, 1.807) is 0 Å². The molecular formula is C13H22O3. The Kier molecular flexibility index (Phi) is 3.10. The number of ketones is 1. The molecule has 2 heterocycles. The third-order valence-electron chi connectivity index (χ3n) is 4.56. The molecule has 2 rings (SSSR count). The van der Waals surface area contributed by atoms with Crippen LogP contribution in [0.4, 0.5) is 0 Å². The summed E-state index contributed by atoms with van der Waals surface area (Å²) in [4.78, 5) is 12.2. The first-order chi connectivity index (χ1) is 7.49. The maximum atomic E-state index is 12.2. The van der Waals surface area contributed by atoms with Crippen molar-refractivity contribution < 1.29 is 14.3 Å². The van der Waals surface area contributed by atoms with Crippen molar-refractivity contribution in [2.24, 2.45) is 23.7 Å². The Morgan fingerprint density at radius 2 is 2.06 bits per heavy atom. The molecule has 0 aliphatic carbocycles. The lowest BCUT2D eigenvalue weighted by Crippen LogP contribution is -2.46. The molecule has 3 nitrogen and oxygen atoms in total. The van der Waals surface area contributed by atoms with Gasteiger partial charge in [0.15, 0.2) is 5.79 Å². The van der Waals surface area contributed by atoms with Crippen molar-refractivity contribution in [3.05, 3.63) is 0 Å². The van der Waals surface area contributed by atoms with Gasteiger partial charge in [0, 0.05) is 23.7 Å². The molecule has 92 valence electrons. The van der Waals surface area contributed by atoms with Crippen LogP contribution < -0.4 is 0 Å². The Morgan fingerprint density at radius 1 is 1.44 bits per heavy atom. The largest absolute Gasteiger partial charge is 0.350 e. The SMILES string of the molecule is CCC(C)C(=O)C1COC2(C)OCC1C2C. The fraction of sp³-hybridized carbons (Fsp3) is 0.923. The van der Waals surface area contributed by atoms with Crippen molar-refractivity contribution >= 4 is 5.78 Å². The zero-order valence-corrected chi connectivity index (χ0v) is 10.7. The number of carbonyl (C=O) groups is 1. The van der Waals surface area contributed by atoms with E-state index < -0.39 is 5.79 Å². The highest BCUT2D eigenvalue weighted by Crippen LogP contribution is 2.46. The fourth-order valence-electron chi connectivity index (χ4n) is 2.80. The van der Waals surface area contributed by atoms with Crippen LogP contribution in [-0.4, -0.2) is 24.8 Å². The average Bonchev–Trinajstić information content (AvgIpc) is 2.49. The van der Waals surface area contributed by atoms with Crippen LogP contribution in [0.3, 0.4) is 0 Å². The predicted octanol–water partition coefficient (Wildman–Crippen LogP) is 2.25. The van der Waals surface area contributed by atoms with Crippen LogP contribution >= 0.6 is 0 Å². The minimum atomic E-state index is -0.448. The monoisotopic (exact) mass is 226 g/mol. The minimum Gasteiger partial charge on any atom is -0.350 e. The van der Waals surface area contributed by atoms with E-state index in [9.17, 15) is 4.79 Å². The highest BCUT2D eigenvalue weighted by atomic mass is 16.7. The Morgan fingerprint density at radius 3 is 2.69 bits per heavy atom. The average molecular weight is 226 g/mol. The van der Waals surface area contributed by atoms with Gasteiger partial charge >= 0.3 is 0 Å². The summed E-state index contributed by atoms with van der Waals surface area (Å²) < 4.78 is 11.4. The summed E-state index contributed by atoms with van der Waals surface area (Å²) in [5.74, 6) is 0.759. The molecule has 5 atom stereocenters. The van der Waals surface area contributed by atoms with Crippen molar-refractivity contribution in [1.82, 2.24) is 0 Å². The lowest BCUT2D eigenvalue weighted by molar-refractivity contribution is -0.231. The molecule has 0 saturated carbocycles. The first kappa shape index (κ1) is 12.1. The van der Waals surface area contributed by atoms with Gasteiger partial charge in [0.05, 0.1) is 13.2 Å². The molecule has 0 aromatic carbocycles. The number of hydrogen-bond donors (Lipinski definition) is 0.